The van der Waals surface area contributed by atoms with E-state index in [2.05, 4.69) is 5.32 Å². The number of carbonyl (C=O) groups is 2. The van der Waals surface area contributed by atoms with Gasteiger partial charge < -0.3 is 25.3 Å². The van der Waals surface area contributed by atoms with Gasteiger partial charge in [0.25, 0.3) is 0 Å². The summed E-state index contributed by atoms with van der Waals surface area (Å²) >= 11 is 0. The highest BCUT2D eigenvalue weighted by Crippen LogP contribution is 2.38. The predicted molar refractivity (Wildman–Crippen MR) is 98.0 cm³/mol. The zero-order valence-electron chi connectivity index (χ0n) is 15.0. The zero-order valence-corrected chi connectivity index (χ0v) is 15.0. The van der Waals surface area contributed by atoms with Crippen LogP contribution in [0.3, 0.4) is 0 Å². The number of anilines is 1. The molecule has 138 valence electrons. The third kappa shape index (κ3) is 4.66. The van der Waals surface area contributed by atoms with Gasteiger partial charge in [0.15, 0.2) is 17.3 Å². The summed E-state index contributed by atoms with van der Waals surface area (Å²) in [4.78, 5) is 24.4. The third-order valence-electron chi connectivity index (χ3n) is 3.78. The zero-order chi connectivity index (χ0) is 19.1. The van der Waals surface area contributed by atoms with Crippen LogP contribution < -0.4 is 25.3 Å². The molecule has 1 amide bonds. The number of nitrogens with two attached hydrogens (primary N) is 1. The van der Waals surface area contributed by atoms with E-state index in [0.29, 0.717) is 28.5 Å². The smallest absolute Gasteiger partial charge is 0.224 e. The Morgan fingerprint density at radius 1 is 0.962 bits per heavy atom. The van der Waals surface area contributed by atoms with Crippen LogP contribution in [0.4, 0.5) is 5.69 Å². The average molecular weight is 358 g/mol. The number of Topliss-reactive ketones (excluding diaryl/α,β-unsaturated/α-hetero) is 1. The lowest BCUT2D eigenvalue weighted by Crippen LogP contribution is -2.30. The number of methoxy groups -OCH3 is 3. The maximum absolute atomic E-state index is 12.4. The Balaban J connectivity index is 2.03. The highest BCUT2D eigenvalue weighted by Gasteiger charge is 2.17. The van der Waals surface area contributed by atoms with Crippen molar-refractivity contribution in [3.05, 3.63) is 47.5 Å². The Kier molecular flexibility index (Phi) is 6.43. The average Bonchev–Trinajstić information content (AvgIpc) is 2.66. The second kappa shape index (κ2) is 8.75. The molecule has 2 aromatic rings. The molecule has 0 aliphatic rings. The second-order valence-corrected chi connectivity index (χ2v) is 5.53. The maximum atomic E-state index is 12.4. The molecule has 0 aliphatic carbocycles. The van der Waals surface area contributed by atoms with Crippen LogP contribution in [-0.4, -0.2) is 39.6 Å². The van der Waals surface area contributed by atoms with Crippen LogP contribution in [-0.2, 0) is 11.2 Å². The van der Waals surface area contributed by atoms with Gasteiger partial charge in [-0.25, -0.2) is 0 Å². The van der Waals surface area contributed by atoms with Crippen LogP contribution in [0.15, 0.2) is 36.4 Å². The van der Waals surface area contributed by atoms with E-state index in [0.717, 1.165) is 5.56 Å². The van der Waals surface area contributed by atoms with Gasteiger partial charge in [-0.15, -0.1) is 0 Å². The molecular formula is C19H22N2O5. The van der Waals surface area contributed by atoms with Crippen molar-refractivity contribution in [3.8, 4) is 17.2 Å². The van der Waals surface area contributed by atoms with Crippen LogP contribution in [0.5, 0.6) is 17.2 Å². The number of benzene rings is 2. The number of hydrogen-bond donors (Lipinski definition) is 2. The van der Waals surface area contributed by atoms with E-state index < -0.39 is 0 Å². The summed E-state index contributed by atoms with van der Waals surface area (Å²) in [5.41, 5.74) is 7.42. The molecule has 3 N–H and O–H groups in total. The van der Waals surface area contributed by atoms with Crippen molar-refractivity contribution in [1.29, 1.82) is 0 Å². The molecule has 7 heteroatoms. The van der Waals surface area contributed by atoms with E-state index in [-0.39, 0.29) is 24.7 Å². The minimum absolute atomic E-state index is 0.132. The standard InChI is InChI=1S/C19H22N2O5/c1-24-16-9-13(10-17(25-2)19(16)26-3)15(22)11-21-18(23)8-12-4-6-14(20)7-5-12/h4-7,9-10H,8,11,20H2,1-3H3,(H,21,23). The topological polar surface area (TPSA) is 99.9 Å². The minimum atomic E-state index is -0.269. The van der Waals surface area contributed by atoms with E-state index in [9.17, 15) is 9.59 Å². The Hall–Kier alpha value is -3.22. The lowest BCUT2D eigenvalue weighted by molar-refractivity contribution is -0.120. The van der Waals surface area contributed by atoms with Gasteiger partial charge >= 0.3 is 0 Å². The Labute approximate surface area is 152 Å². The fraction of sp³-hybridized carbons (Fsp3) is 0.263. The minimum Gasteiger partial charge on any atom is -0.493 e. The van der Waals surface area contributed by atoms with Crippen molar-refractivity contribution >= 4 is 17.4 Å². The molecule has 26 heavy (non-hydrogen) atoms. The van der Waals surface area contributed by atoms with Gasteiger partial charge in [-0.2, -0.15) is 0 Å². The molecule has 0 heterocycles. The number of nitrogens with one attached hydrogen (secondary N) is 1. The Bertz CT molecular complexity index is 762. The molecule has 0 radical (unpaired) electrons. The number of amides is 1. The summed E-state index contributed by atoms with van der Waals surface area (Å²) in [5.74, 6) is 0.635. The highest BCUT2D eigenvalue weighted by molar-refractivity contribution is 6.00. The van der Waals surface area contributed by atoms with Gasteiger partial charge in [-0.3, -0.25) is 9.59 Å². The molecule has 2 aromatic carbocycles. The summed E-state index contributed by atoms with van der Waals surface area (Å²) in [6, 6.07) is 10.1. The monoisotopic (exact) mass is 358 g/mol. The quantitative estimate of drug-likeness (QED) is 0.552. The van der Waals surface area contributed by atoms with E-state index in [1.54, 1.807) is 36.4 Å². The van der Waals surface area contributed by atoms with Crippen LogP contribution >= 0.6 is 0 Å². The first kappa shape index (κ1) is 19.1. The number of hydrogen-bond acceptors (Lipinski definition) is 6. The normalized spacial score (nSPS) is 10.1. The maximum Gasteiger partial charge on any atom is 0.224 e. The van der Waals surface area contributed by atoms with Crippen LogP contribution in [0.2, 0.25) is 0 Å². The molecule has 0 atom stereocenters. The van der Waals surface area contributed by atoms with Gasteiger partial charge in [-0.1, -0.05) is 12.1 Å². The number of ketones is 1. The van der Waals surface area contributed by atoms with Crippen molar-refractivity contribution < 1.29 is 23.8 Å². The molecule has 0 aromatic heterocycles. The lowest BCUT2D eigenvalue weighted by atomic mass is 10.1. The number of rotatable bonds is 8. The van der Waals surface area contributed by atoms with Crippen molar-refractivity contribution in [3.63, 3.8) is 0 Å². The molecule has 7 nitrogen and oxygen atoms in total. The van der Waals surface area contributed by atoms with Crippen molar-refractivity contribution in [2.45, 2.75) is 6.42 Å². The van der Waals surface area contributed by atoms with Crippen LogP contribution in [0.25, 0.3) is 0 Å². The summed E-state index contributed by atoms with van der Waals surface area (Å²) in [7, 11) is 4.43. The molecule has 0 saturated heterocycles. The summed E-state index contributed by atoms with van der Waals surface area (Å²) in [5, 5.41) is 2.61. The van der Waals surface area contributed by atoms with E-state index in [4.69, 9.17) is 19.9 Å². The first-order valence-electron chi connectivity index (χ1n) is 7.92. The predicted octanol–water partition coefficient (Wildman–Crippen LogP) is 1.84. The first-order chi connectivity index (χ1) is 12.5. The van der Waals surface area contributed by atoms with Crippen LogP contribution in [0, 0.1) is 0 Å². The summed E-state index contributed by atoms with van der Waals surface area (Å²) in [6.45, 7) is -0.132. The summed E-state index contributed by atoms with van der Waals surface area (Å²) in [6.07, 6.45) is 0.169. The molecular weight excluding hydrogens is 336 g/mol. The van der Waals surface area contributed by atoms with Gasteiger partial charge in [-0.05, 0) is 29.8 Å². The van der Waals surface area contributed by atoms with Crippen LogP contribution in [0.1, 0.15) is 15.9 Å². The number of nitrogen functional groups attached to an aromatic ring is 1. The van der Waals surface area contributed by atoms with Gasteiger partial charge in [0.1, 0.15) is 0 Å². The molecule has 0 spiro atoms. The van der Waals surface area contributed by atoms with E-state index in [1.165, 1.54) is 21.3 Å². The van der Waals surface area contributed by atoms with E-state index >= 15 is 0 Å². The second-order valence-electron chi connectivity index (χ2n) is 5.53. The highest BCUT2D eigenvalue weighted by atomic mass is 16.5. The van der Waals surface area contributed by atoms with E-state index in [1.807, 2.05) is 0 Å². The number of carbonyl (C=O) groups excluding carboxylic acids is 2. The number of ether oxygens (including phenoxy) is 3. The van der Waals surface area contributed by atoms with Crippen molar-refractivity contribution in [2.24, 2.45) is 0 Å². The largest absolute Gasteiger partial charge is 0.493 e. The van der Waals surface area contributed by atoms with Crippen molar-refractivity contribution in [2.75, 3.05) is 33.6 Å². The third-order valence-corrected chi connectivity index (χ3v) is 3.78. The Morgan fingerprint density at radius 2 is 1.54 bits per heavy atom. The fourth-order valence-corrected chi connectivity index (χ4v) is 2.41. The Morgan fingerprint density at radius 3 is 2.04 bits per heavy atom. The van der Waals surface area contributed by atoms with Gasteiger partial charge in [0.2, 0.25) is 11.7 Å². The first-order valence-corrected chi connectivity index (χ1v) is 7.92. The van der Waals surface area contributed by atoms with Gasteiger partial charge in [0.05, 0.1) is 34.3 Å². The lowest BCUT2D eigenvalue weighted by Gasteiger charge is -2.14. The fourth-order valence-electron chi connectivity index (χ4n) is 2.41. The molecule has 0 unspecified atom stereocenters. The van der Waals surface area contributed by atoms with Crippen molar-refractivity contribution in [1.82, 2.24) is 5.32 Å². The molecule has 0 aliphatic heterocycles. The molecule has 2 rings (SSSR count). The molecule has 0 bridgehead atoms. The molecule has 0 fully saturated rings. The summed E-state index contributed by atoms with van der Waals surface area (Å²) < 4.78 is 15.7. The molecule has 0 saturated carbocycles. The SMILES string of the molecule is COc1cc(C(=O)CNC(=O)Cc2ccc(N)cc2)cc(OC)c1OC. The van der Waals surface area contributed by atoms with Gasteiger partial charge in [0, 0.05) is 11.3 Å².